The molecule has 3 aromatic heterocycles. The summed E-state index contributed by atoms with van der Waals surface area (Å²) in [6.07, 6.45) is 2.83. The van der Waals surface area contributed by atoms with Crippen molar-refractivity contribution >= 4 is 44.0 Å². The summed E-state index contributed by atoms with van der Waals surface area (Å²) in [6, 6.07) is 10.00. The Hall–Kier alpha value is -4.36. The van der Waals surface area contributed by atoms with Crippen molar-refractivity contribution in [1.82, 2.24) is 20.3 Å². The van der Waals surface area contributed by atoms with Crippen LogP contribution < -0.4 is 19.9 Å². The van der Waals surface area contributed by atoms with Gasteiger partial charge in [0.05, 0.1) is 54.4 Å². The van der Waals surface area contributed by atoms with Crippen molar-refractivity contribution in [3.05, 3.63) is 71.4 Å². The molecule has 6 rings (SSSR count). The van der Waals surface area contributed by atoms with Crippen LogP contribution in [0.25, 0.3) is 10.9 Å². The van der Waals surface area contributed by atoms with Crippen LogP contribution in [0.1, 0.15) is 21.6 Å². The summed E-state index contributed by atoms with van der Waals surface area (Å²) in [5.41, 5.74) is 2.22. The Kier molecular flexibility index (Phi) is 6.91. The minimum Gasteiger partial charge on any atom is -0.486 e. The number of hydrogen-bond acceptors (Lipinski definition) is 10. The number of ether oxygens (including phenoxy) is 2. The first-order valence-corrected chi connectivity index (χ1v) is 14.6. The molecule has 2 aliphatic heterocycles. The molecular formula is C28H27FN6O5S. The third-order valence-electron chi connectivity index (χ3n) is 6.94. The summed E-state index contributed by atoms with van der Waals surface area (Å²) in [6.45, 7) is 1.13. The zero-order valence-electron chi connectivity index (χ0n) is 22.4. The fourth-order valence-corrected chi connectivity index (χ4v) is 6.26. The monoisotopic (exact) mass is 578 g/mol. The highest BCUT2D eigenvalue weighted by Gasteiger charge is 2.29. The van der Waals surface area contributed by atoms with Crippen LogP contribution in [0.4, 0.5) is 21.7 Å². The third-order valence-corrected chi connectivity index (χ3v) is 8.69. The number of benzene rings is 1. The second kappa shape index (κ2) is 10.6. The maximum absolute atomic E-state index is 15.0. The number of rotatable bonds is 5. The van der Waals surface area contributed by atoms with E-state index in [9.17, 15) is 17.6 Å². The molecule has 0 saturated heterocycles. The normalized spacial score (nSPS) is 15.8. The highest BCUT2D eigenvalue weighted by Crippen LogP contribution is 2.43. The molecule has 1 aromatic carbocycles. The van der Waals surface area contributed by atoms with Crippen molar-refractivity contribution in [2.75, 3.05) is 49.4 Å². The van der Waals surface area contributed by atoms with Crippen molar-refractivity contribution in [2.45, 2.75) is 18.0 Å². The highest BCUT2D eigenvalue weighted by molar-refractivity contribution is 7.91. The first-order valence-electron chi connectivity index (χ1n) is 12.9. The quantitative estimate of drug-likeness (QED) is 0.378. The van der Waals surface area contributed by atoms with E-state index in [1.807, 2.05) is 20.2 Å². The van der Waals surface area contributed by atoms with Gasteiger partial charge in [0.25, 0.3) is 5.91 Å². The molecule has 0 saturated carbocycles. The van der Waals surface area contributed by atoms with Crippen molar-refractivity contribution < 1.29 is 27.1 Å². The van der Waals surface area contributed by atoms with Crippen LogP contribution in [0.5, 0.6) is 5.75 Å². The van der Waals surface area contributed by atoms with Crippen LogP contribution in [0, 0.1) is 5.82 Å². The number of nitrogens with zero attached hydrogens (tertiary/aromatic N) is 5. The van der Waals surface area contributed by atoms with E-state index in [-0.39, 0.29) is 41.7 Å². The van der Waals surface area contributed by atoms with E-state index in [1.165, 1.54) is 12.3 Å². The molecular weight excluding hydrogens is 551 g/mol. The van der Waals surface area contributed by atoms with Crippen LogP contribution in [0.3, 0.4) is 0 Å². The number of halogens is 1. The van der Waals surface area contributed by atoms with E-state index in [0.717, 1.165) is 5.39 Å². The van der Waals surface area contributed by atoms with Gasteiger partial charge in [-0.3, -0.25) is 9.78 Å². The van der Waals surface area contributed by atoms with Gasteiger partial charge in [-0.1, -0.05) is 6.07 Å². The standard InChI is InChI=1S/C28H27FN6O5S/c1-34(2)27-26-25(21(29)15-31-27)35(7-8-40-26)24-6-5-18-13-30-20(12-22(18)33-24)14-32-28(36)17-3-4-19-16-39-9-10-41(37,38)23(19)11-17/h3-6,11-13,15H,7-10,14,16H2,1-2H3,(H,32,36). The van der Waals surface area contributed by atoms with Crippen molar-refractivity contribution in [3.8, 4) is 5.75 Å². The van der Waals surface area contributed by atoms with Gasteiger partial charge in [0, 0.05) is 31.2 Å². The Labute approximate surface area is 235 Å². The number of amides is 1. The number of sulfone groups is 1. The third kappa shape index (κ3) is 5.13. The molecule has 0 aliphatic carbocycles. The van der Waals surface area contributed by atoms with Gasteiger partial charge >= 0.3 is 0 Å². The average Bonchev–Trinajstić information content (AvgIpc) is 3.12. The molecule has 0 atom stereocenters. The second-order valence-electron chi connectivity index (χ2n) is 9.92. The minimum absolute atomic E-state index is 0.0977. The predicted octanol–water partition coefficient (Wildman–Crippen LogP) is 2.99. The number of pyridine rings is 3. The molecule has 2 aliphatic rings. The fourth-order valence-electron chi connectivity index (χ4n) is 4.87. The average molecular weight is 579 g/mol. The maximum Gasteiger partial charge on any atom is 0.251 e. The predicted molar refractivity (Wildman–Crippen MR) is 150 cm³/mol. The van der Waals surface area contributed by atoms with E-state index < -0.39 is 21.6 Å². The van der Waals surface area contributed by atoms with Gasteiger partial charge < -0.3 is 24.6 Å². The molecule has 212 valence electrons. The molecule has 1 N–H and O–H groups in total. The van der Waals surface area contributed by atoms with E-state index in [4.69, 9.17) is 14.5 Å². The number of carbonyl (C=O) groups excluding carboxylic acids is 1. The Balaban J connectivity index is 1.24. The van der Waals surface area contributed by atoms with Gasteiger partial charge in [0.15, 0.2) is 27.2 Å². The minimum atomic E-state index is -3.53. The summed E-state index contributed by atoms with van der Waals surface area (Å²) in [5, 5.41) is 3.58. The lowest BCUT2D eigenvalue weighted by atomic mass is 10.1. The van der Waals surface area contributed by atoms with Crippen molar-refractivity contribution in [3.63, 3.8) is 0 Å². The van der Waals surface area contributed by atoms with Gasteiger partial charge in [-0.05, 0) is 35.9 Å². The second-order valence-corrected chi connectivity index (χ2v) is 12.0. The van der Waals surface area contributed by atoms with E-state index in [0.29, 0.717) is 47.3 Å². The lowest BCUT2D eigenvalue weighted by molar-refractivity contribution is 0.0950. The van der Waals surface area contributed by atoms with Gasteiger partial charge in [0.2, 0.25) is 0 Å². The van der Waals surface area contributed by atoms with Gasteiger partial charge in [0.1, 0.15) is 18.1 Å². The number of carbonyl (C=O) groups is 1. The van der Waals surface area contributed by atoms with E-state index in [2.05, 4.69) is 15.3 Å². The van der Waals surface area contributed by atoms with E-state index in [1.54, 1.807) is 40.3 Å². The molecule has 4 aromatic rings. The maximum atomic E-state index is 15.0. The van der Waals surface area contributed by atoms with Crippen LogP contribution in [0.2, 0.25) is 0 Å². The molecule has 0 bridgehead atoms. The summed E-state index contributed by atoms with van der Waals surface area (Å²) in [5.74, 6) is 0.352. The molecule has 0 unspecified atom stereocenters. The molecule has 5 heterocycles. The topological polar surface area (TPSA) is 127 Å². The van der Waals surface area contributed by atoms with Crippen molar-refractivity contribution in [2.24, 2.45) is 0 Å². The smallest absolute Gasteiger partial charge is 0.251 e. The SMILES string of the molecule is CN(C)c1ncc(F)c2c1OCCN2c1ccc2cnc(CNC(=O)c3ccc4c(c3)S(=O)(=O)CCOC4)cc2n1. The Morgan fingerprint density at radius 3 is 2.80 bits per heavy atom. The van der Waals surface area contributed by atoms with Crippen LogP contribution in [-0.2, 0) is 27.7 Å². The number of nitrogens with one attached hydrogen (secondary N) is 1. The summed E-state index contributed by atoms with van der Waals surface area (Å²) >= 11 is 0. The van der Waals surface area contributed by atoms with Crippen LogP contribution in [0.15, 0.2) is 53.7 Å². The Morgan fingerprint density at radius 2 is 1.98 bits per heavy atom. The van der Waals surface area contributed by atoms with Crippen LogP contribution in [-0.4, -0.2) is 68.9 Å². The van der Waals surface area contributed by atoms with Crippen LogP contribution >= 0.6 is 0 Å². The number of anilines is 3. The fraction of sp³-hybridized carbons (Fsp3) is 0.286. The number of aromatic nitrogens is 3. The molecule has 0 fully saturated rings. The van der Waals surface area contributed by atoms with Gasteiger partial charge in [-0.25, -0.2) is 22.8 Å². The number of fused-ring (bicyclic) bond motifs is 3. The number of hydrogen-bond donors (Lipinski definition) is 1. The summed E-state index contributed by atoms with van der Waals surface area (Å²) < 4.78 is 51.3. The molecule has 1 amide bonds. The zero-order chi connectivity index (χ0) is 28.7. The first kappa shape index (κ1) is 26.8. The lowest BCUT2D eigenvalue weighted by Gasteiger charge is -2.32. The van der Waals surface area contributed by atoms with Gasteiger partial charge in [-0.2, -0.15) is 0 Å². The summed E-state index contributed by atoms with van der Waals surface area (Å²) in [4.78, 5) is 29.9. The summed E-state index contributed by atoms with van der Waals surface area (Å²) in [7, 11) is 0.0929. The molecule has 0 spiro atoms. The van der Waals surface area contributed by atoms with Gasteiger partial charge in [-0.15, -0.1) is 0 Å². The first-order chi connectivity index (χ1) is 19.7. The largest absolute Gasteiger partial charge is 0.486 e. The molecule has 13 heteroatoms. The molecule has 11 nitrogen and oxygen atoms in total. The van der Waals surface area contributed by atoms with E-state index >= 15 is 0 Å². The highest BCUT2D eigenvalue weighted by atomic mass is 32.2. The molecule has 0 radical (unpaired) electrons. The zero-order valence-corrected chi connectivity index (χ0v) is 23.2. The Bertz CT molecular complexity index is 1780. The lowest BCUT2D eigenvalue weighted by Crippen LogP contribution is -2.31. The Morgan fingerprint density at radius 1 is 1.12 bits per heavy atom. The molecule has 41 heavy (non-hydrogen) atoms. The van der Waals surface area contributed by atoms with Crippen molar-refractivity contribution in [1.29, 1.82) is 0 Å².